The van der Waals surface area contributed by atoms with Gasteiger partial charge in [0.2, 0.25) is 5.91 Å². The van der Waals surface area contributed by atoms with Gasteiger partial charge in [-0.25, -0.2) is 4.98 Å². The summed E-state index contributed by atoms with van der Waals surface area (Å²) in [5.41, 5.74) is 4.06. The lowest BCUT2D eigenvalue weighted by Gasteiger charge is -2.06. The number of carbonyl (C=O) groups excluding carboxylic acids is 1. The van der Waals surface area contributed by atoms with Crippen LogP contribution in [0.25, 0.3) is 22.1 Å². The van der Waals surface area contributed by atoms with Crippen molar-refractivity contribution in [1.82, 2.24) is 25.3 Å². The minimum Gasteiger partial charge on any atom is -0.352 e. The predicted octanol–water partition coefficient (Wildman–Crippen LogP) is 2.12. The molecule has 2 aromatic heterocycles. The molecule has 2 heterocycles. The smallest absolute Gasteiger partial charge is 0.270 e. The summed E-state index contributed by atoms with van der Waals surface area (Å²) in [7, 11) is 0. The number of nitrogens with one attached hydrogen (secondary N) is 2. The van der Waals surface area contributed by atoms with Crippen LogP contribution in [0.1, 0.15) is 17.7 Å². The van der Waals surface area contributed by atoms with E-state index in [0.29, 0.717) is 23.3 Å². The van der Waals surface area contributed by atoms with Crippen molar-refractivity contribution in [2.24, 2.45) is 0 Å². The fourth-order valence-corrected chi connectivity index (χ4v) is 2.88. The number of fused-ring (bicyclic) bond motifs is 2. The van der Waals surface area contributed by atoms with E-state index in [1.165, 1.54) is 0 Å². The summed E-state index contributed by atoms with van der Waals surface area (Å²) in [6.45, 7) is 0.396. The van der Waals surface area contributed by atoms with Crippen LogP contribution in [-0.4, -0.2) is 25.8 Å². The Balaban J connectivity index is 1.38. The number of rotatable bonds is 5. The van der Waals surface area contributed by atoms with Crippen LogP contribution in [0, 0.1) is 0 Å². The highest BCUT2D eigenvalue weighted by Gasteiger charge is 2.08. The quantitative estimate of drug-likeness (QED) is 0.568. The van der Waals surface area contributed by atoms with Crippen molar-refractivity contribution in [3.05, 3.63) is 76.5 Å². The molecule has 7 nitrogen and oxygen atoms in total. The van der Waals surface area contributed by atoms with Gasteiger partial charge in [0.1, 0.15) is 5.69 Å². The monoisotopic (exact) mass is 359 g/mol. The van der Waals surface area contributed by atoms with Crippen LogP contribution in [0.2, 0.25) is 0 Å². The van der Waals surface area contributed by atoms with Crippen molar-refractivity contribution >= 4 is 28.0 Å². The first kappa shape index (κ1) is 16.8. The molecular formula is C20H17N5O2. The van der Waals surface area contributed by atoms with E-state index >= 15 is 0 Å². The summed E-state index contributed by atoms with van der Waals surface area (Å²) in [4.78, 5) is 39.9. The first-order valence-corrected chi connectivity index (χ1v) is 8.63. The number of hydrogen-bond donors (Lipinski definition) is 2. The molecule has 0 spiro atoms. The summed E-state index contributed by atoms with van der Waals surface area (Å²) in [6.07, 6.45) is 3.77. The molecule has 4 aromatic rings. The number of aromatic nitrogens is 4. The molecule has 2 aromatic carbocycles. The molecule has 0 atom stereocenters. The molecule has 0 fully saturated rings. The summed E-state index contributed by atoms with van der Waals surface area (Å²) in [6, 6.07) is 13.0. The van der Waals surface area contributed by atoms with Gasteiger partial charge in [0, 0.05) is 31.8 Å². The molecule has 0 bridgehead atoms. The first-order valence-electron chi connectivity index (χ1n) is 8.63. The van der Waals surface area contributed by atoms with Gasteiger partial charge in [-0.05, 0) is 29.8 Å². The normalized spacial score (nSPS) is 11.0. The highest BCUT2D eigenvalue weighted by molar-refractivity contribution is 5.77. The minimum atomic E-state index is -0.255. The Labute approximate surface area is 154 Å². The Morgan fingerprint density at radius 2 is 1.81 bits per heavy atom. The van der Waals surface area contributed by atoms with Gasteiger partial charge in [-0.1, -0.05) is 18.2 Å². The fourth-order valence-electron chi connectivity index (χ4n) is 2.88. The number of hydrogen-bond acceptors (Lipinski definition) is 5. The number of aryl methyl sites for hydroxylation is 1. The zero-order valence-corrected chi connectivity index (χ0v) is 14.5. The maximum atomic E-state index is 12.1. The molecule has 27 heavy (non-hydrogen) atoms. The van der Waals surface area contributed by atoms with E-state index in [1.54, 1.807) is 18.5 Å². The number of nitrogens with zero attached hydrogens (tertiary/aromatic N) is 3. The van der Waals surface area contributed by atoms with Gasteiger partial charge >= 0.3 is 0 Å². The van der Waals surface area contributed by atoms with Gasteiger partial charge < -0.3 is 10.3 Å². The van der Waals surface area contributed by atoms with Gasteiger partial charge in [0.25, 0.3) is 5.56 Å². The van der Waals surface area contributed by atoms with Gasteiger partial charge in [0.15, 0.2) is 0 Å². The minimum absolute atomic E-state index is 0.136. The summed E-state index contributed by atoms with van der Waals surface area (Å²) in [5.74, 6) is -0.136. The lowest BCUT2D eigenvalue weighted by molar-refractivity contribution is -0.121. The molecular weight excluding hydrogens is 342 g/mol. The SMILES string of the molecule is O=C(CCc1nc2ccccc2[nH]c1=O)NCc1ccc2nccnc2c1. The number of para-hydroxylation sites is 2. The Morgan fingerprint density at radius 1 is 1.00 bits per heavy atom. The first-order chi connectivity index (χ1) is 13.2. The van der Waals surface area contributed by atoms with E-state index < -0.39 is 0 Å². The number of carbonyl (C=O) groups is 1. The fraction of sp³-hybridized carbons (Fsp3) is 0.150. The van der Waals surface area contributed by atoms with Crippen molar-refractivity contribution in [1.29, 1.82) is 0 Å². The van der Waals surface area contributed by atoms with Gasteiger partial charge in [0.05, 0.1) is 22.1 Å². The molecule has 4 rings (SSSR count). The molecule has 2 N–H and O–H groups in total. The third-order valence-electron chi connectivity index (χ3n) is 4.28. The average molecular weight is 359 g/mol. The van der Waals surface area contributed by atoms with E-state index in [2.05, 4.69) is 25.3 Å². The predicted molar refractivity (Wildman–Crippen MR) is 102 cm³/mol. The number of benzene rings is 2. The van der Waals surface area contributed by atoms with Crippen LogP contribution in [0.15, 0.2) is 59.7 Å². The summed E-state index contributed by atoms with van der Waals surface area (Å²) in [5, 5.41) is 2.86. The Hall–Kier alpha value is -3.61. The zero-order valence-electron chi connectivity index (χ0n) is 14.5. The Kier molecular flexibility index (Phi) is 4.57. The van der Waals surface area contributed by atoms with E-state index in [-0.39, 0.29) is 24.3 Å². The molecule has 0 aliphatic carbocycles. The second-order valence-corrected chi connectivity index (χ2v) is 6.19. The highest BCUT2D eigenvalue weighted by Crippen LogP contribution is 2.11. The third kappa shape index (κ3) is 3.82. The standard InChI is InChI=1S/C20H17N5O2/c26-19(23-12-13-5-6-14-18(11-13)22-10-9-21-14)8-7-17-20(27)25-16-4-2-1-3-15(16)24-17/h1-6,9-11H,7-8,12H2,(H,23,26)(H,25,27). The van der Waals surface area contributed by atoms with E-state index in [4.69, 9.17) is 0 Å². The van der Waals surface area contributed by atoms with Gasteiger partial charge in [-0.2, -0.15) is 0 Å². The number of amides is 1. The maximum absolute atomic E-state index is 12.1. The van der Waals surface area contributed by atoms with Crippen LogP contribution in [0.5, 0.6) is 0 Å². The molecule has 0 aliphatic rings. The molecule has 134 valence electrons. The Morgan fingerprint density at radius 3 is 2.70 bits per heavy atom. The molecule has 0 saturated carbocycles. The van der Waals surface area contributed by atoms with E-state index in [9.17, 15) is 9.59 Å². The Bertz CT molecular complexity index is 1190. The highest BCUT2D eigenvalue weighted by atomic mass is 16.1. The van der Waals surface area contributed by atoms with Crippen molar-refractivity contribution in [2.75, 3.05) is 0 Å². The molecule has 0 radical (unpaired) electrons. The number of aromatic amines is 1. The summed E-state index contributed by atoms with van der Waals surface area (Å²) < 4.78 is 0. The van der Waals surface area contributed by atoms with Crippen LogP contribution in [0.4, 0.5) is 0 Å². The lowest BCUT2D eigenvalue weighted by Crippen LogP contribution is -2.24. The van der Waals surface area contributed by atoms with Crippen molar-refractivity contribution in [2.45, 2.75) is 19.4 Å². The third-order valence-corrected chi connectivity index (χ3v) is 4.28. The van der Waals surface area contributed by atoms with Crippen molar-refractivity contribution < 1.29 is 4.79 Å². The molecule has 0 aliphatic heterocycles. The second-order valence-electron chi connectivity index (χ2n) is 6.19. The van der Waals surface area contributed by atoms with Crippen LogP contribution < -0.4 is 10.9 Å². The molecule has 7 heteroatoms. The zero-order chi connectivity index (χ0) is 18.6. The van der Waals surface area contributed by atoms with Gasteiger partial charge in [-0.3, -0.25) is 19.6 Å². The van der Waals surface area contributed by atoms with Crippen LogP contribution >= 0.6 is 0 Å². The molecule has 0 saturated heterocycles. The lowest BCUT2D eigenvalue weighted by atomic mass is 10.2. The molecule has 0 unspecified atom stereocenters. The van der Waals surface area contributed by atoms with Crippen LogP contribution in [-0.2, 0) is 17.8 Å². The largest absolute Gasteiger partial charge is 0.352 e. The van der Waals surface area contributed by atoms with Gasteiger partial charge in [-0.15, -0.1) is 0 Å². The van der Waals surface area contributed by atoms with Crippen molar-refractivity contribution in [3.8, 4) is 0 Å². The maximum Gasteiger partial charge on any atom is 0.270 e. The average Bonchev–Trinajstić information content (AvgIpc) is 2.70. The van der Waals surface area contributed by atoms with Crippen molar-refractivity contribution in [3.63, 3.8) is 0 Å². The topological polar surface area (TPSA) is 101 Å². The summed E-state index contributed by atoms with van der Waals surface area (Å²) >= 11 is 0. The molecule has 1 amide bonds. The second kappa shape index (κ2) is 7.33. The van der Waals surface area contributed by atoms with E-state index in [1.807, 2.05) is 36.4 Å². The van der Waals surface area contributed by atoms with Crippen LogP contribution in [0.3, 0.4) is 0 Å². The number of H-pyrrole nitrogens is 1. The van der Waals surface area contributed by atoms with E-state index in [0.717, 1.165) is 16.6 Å².